The predicted molar refractivity (Wildman–Crippen MR) is 146 cm³/mol. The van der Waals surface area contributed by atoms with Crippen molar-refractivity contribution in [3.05, 3.63) is 29.1 Å². The Morgan fingerprint density at radius 2 is 1.72 bits per heavy atom. The second-order valence-corrected chi connectivity index (χ2v) is 11.1. The van der Waals surface area contributed by atoms with Gasteiger partial charge < -0.3 is 9.64 Å². The van der Waals surface area contributed by atoms with Gasteiger partial charge in [0.15, 0.2) is 5.13 Å². The molecule has 0 atom stereocenters. The molecule has 3 fully saturated rings. The molecule has 1 aliphatic carbocycles. The van der Waals surface area contributed by atoms with E-state index in [0.717, 1.165) is 56.3 Å². The van der Waals surface area contributed by atoms with E-state index >= 15 is 0 Å². The first-order valence-electron chi connectivity index (χ1n) is 13.6. The van der Waals surface area contributed by atoms with Crippen LogP contribution in [0.5, 0.6) is 5.75 Å². The number of piperazine rings is 1. The summed E-state index contributed by atoms with van der Waals surface area (Å²) < 4.78 is 5.64. The van der Waals surface area contributed by atoms with E-state index in [0.29, 0.717) is 11.0 Å². The highest BCUT2D eigenvalue weighted by Gasteiger charge is 2.21. The molecular weight excluding hydrogens is 472 g/mol. The van der Waals surface area contributed by atoms with Crippen LogP contribution >= 0.6 is 11.3 Å². The Hall–Kier alpha value is -2.20. The number of likely N-dealkylation sites (tertiary alicyclic amines) is 1. The van der Waals surface area contributed by atoms with Crippen LogP contribution in [0.2, 0.25) is 0 Å². The van der Waals surface area contributed by atoms with Crippen LogP contribution in [0.3, 0.4) is 0 Å². The van der Waals surface area contributed by atoms with Crippen molar-refractivity contribution in [2.24, 2.45) is 0 Å². The number of aromatic nitrogens is 1. The maximum atomic E-state index is 12.6. The zero-order chi connectivity index (χ0) is 24.7. The van der Waals surface area contributed by atoms with Crippen molar-refractivity contribution in [1.82, 2.24) is 25.2 Å². The average Bonchev–Trinajstić information content (AvgIpc) is 3.61. The number of methoxy groups -OCH3 is 1. The summed E-state index contributed by atoms with van der Waals surface area (Å²) in [6.07, 6.45) is 9.14. The number of nitrogens with one attached hydrogen (secondary N) is 2. The molecule has 0 bridgehead atoms. The molecule has 2 aliphatic heterocycles. The number of hydrogen-bond acceptors (Lipinski definition) is 7. The highest BCUT2D eigenvalue weighted by molar-refractivity contribution is 7.14. The third-order valence-electron chi connectivity index (χ3n) is 7.86. The number of rotatable bonds is 8. The zero-order valence-corrected chi connectivity index (χ0v) is 22.3. The van der Waals surface area contributed by atoms with Crippen molar-refractivity contribution < 1.29 is 9.53 Å². The van der Waals surface area contributed by atoms with Gasteiger partial charge >= 0.3 is 6.03 Å². The Labute approximate surface area is 219 Å². The second-order valence-electron chi connectivity index (χ2n) is 10.3. The number of benzene rings is 1. The van der Waals surface area contributed by atoms with E-state index in [-0.39, 0.29) is 6.03 Å². The van der Waals surface area contributed by atoms with Crippen LogP contribution in [0.15, 0.2) is 23.6 Å². The van der Waals surface area contributed by atoms with Crippen molar-refractivity contribution in [3.63, 3.8) is 0 Å². The van der Waals surface area contributed by atoms with Crippen LogP contribution in [0.25, 0.3) is 11.3 Å². The molecule has 2 aromatic rings. The molecule has 1 saturated carbocycles. The fraction of sp³-hybridized carbons (Fsp3) is 0.630. The number of thiazole rings is 1. The van der Waals surface area contributed by atoms with Gasteiger partial charge in [0, 0.05) is 50.2 Å². The van der Waals surface area contributed by atoms with Crippen molar-refractivity contribution in [2.45, 2.75) is 50.9 Å². The van der Waals surface area contributed by atoms with Gasteiger partial charge in [0.25, 0.3) is 0 Å². The molecule has 3 aliphatic rings. The summed E-state index contributed by atoms with van der Waals surface area (Å²) in [5.41, 5.74) is 6.20. The predicted octanol–water partition coefficient (Wildman–Crippen LogP) is 4.62. The lowest BCUT2D eigenvalue weighted by atomic mass is 9.83. The molecule has 1 aromatic heterocycles. The smallest absolute Gasteiger partial charge is 0.335 e. The number of ether oxygens (including phenoxy) is 1. The molecule has 2 amide bonds. The van der Waals surface area contributed by atoms with Crippen molar-refractivity contribution in [2.75, 3.05) is 64.8 Å². The number of hydrogen-bond donors (Lipinski definition) is 2. The van der Waals surface area contributed by atoms with Crippen LogP contribution in [0.4, 0.5) is 9.93 Å². The summed E-state index contributed by atoms with van der Waals surface area (Å²) in [4.78, 5) is 22.4. The lowest BCUT2D eigenvalue weighted by Gasteiger charge is -2.35. The Morgan fingerprint density at radius 1 is 1.00 bits per heavy atom. The number of nitrogens with zero attached hydrogens (tertiary/aromatic N) is 4. The molecule has 1 aromatic carbocycles. The van der Waals surface area contributed by atoms with E-state index in [2.05, 4.69) is 38.7 Å². The normalized spacial score (nSPS) is 20.5. The largest absolute Gasteiger partial charge is 0.496 e. The SMILES string of the molecule is COc1ccc(C2CCCCC2)cc1-c1csc(NC(=O)NN2CCN(CCN3CCCC3)CC2)n1. The van der Waals surface area contributed by atoms with E-state index in [4.69, 9.17) is 9.72 Å². The molecule has 2 saturated heterocycles. The zero-order valence-electron chi connectivity index (χ0n) is 21.5. The molecule has 5 rings (SSSR count). The van der Waals surface area contributed by atoms with E-state index in [9.17, 15) is 4.79 Å². The summed E-state index contributed by atoms with van der Waals surface area (Å²) in [7, 11) is 1.70. The quantitative estimate of drug-likeness (QED) is 0.538. The Kier molecular flexibility index (Phi) is 8.74. The molecule has 36 heavy (non-hydrogen) atoms. The minimum absolute atomic E-state index is 0.232. The van der Waals surface area contributed by atoms with Crippen LogP contribution in [0, 0.1) is 0 Å². The maximum Gasteiger partial charge on any atom is 0.335 e. The van der Waals surface area contributed by atoms with Crippen molar-refractivity contribution in [1.29, 1.82) is 0 Å². The molecule has 2 N–H and O–H groups in total. The Bertz CT molecular complexity index is 994. The maximum absolute atomic E-state index is 12.6. The summed E-state index contributed by atoms with van der Waals surface area (Å²) >= 11 is 1.44. The number of amides is 2. The summed E-state index contributed by atoms with van der Waals surface area (Å²) in [5.74, 6) is 1.43. The average molecular weight is 513 g/mol. The van der Waals surface area contributed by atoms with Crippen LogP contribution < -0.4 is 15.5 Å². The molecule has 3 heterocycles. The topological polar surface area (TPSA) is 73.0 Å². The lowest BCUT2D eigenvalue weighted by Crippen LogP contribution is -2.55. The van der Waals surface area contributed by atoms with E-state index < -0.39 is 0 Å². The number of urea groups is 1. The van der Waals surface area contributed by atoms with Crippen molar-refractivity contribution in [3.8, 4) is 17.0 Å². The molecule has 0 unspecified atom stereocenters. The summed E-state index contributed by atoms with van der Waals surface area (Å²) in [6.45, 7) is 8.41. The van der Waals surface area contributed by atoms with Gasteiger partial charge in [-0.05, 0) is 62.4 Å². The van der Waals surface area contributed by atoms with Gasteiger partial charge in [-0.3, -0.25) is 15.6 Å². The molecule has 0 radical (unpaired) electrons. The number of hydrazine groups is 1. The van der Waals surface area contributed by atoms with Gasteiger partial charge in [-0.25, -0.2) is 14.8 Å². The first kappa shape index (κ1) is 25.4. The van der Waals surface area contributed by atoms with Gasteiger partial charge in [0.2, 0.25) is 0 Å². The third-order valence-corrected chi connectivity index (χ3v) is 8.62. The first-order valence-corrected chi connectivity index (χ1v) is 14.5. The van der Waals surface area contributed by atoms with Crippen LogP contribution in [-0.4, -0.2) is 85.3 Å². The molecule has 9 heteroatoms. The van der Waals surface area contributed by atoms with Gasteiger partial charge in [-0.15, -0.1) is 11.3 Å². The number of carbonyl (C=O) groups excluding carboxylic acids is 1. The van der Waals surface area contributed by atoms with Gasteiger partial charge in [-0.2, -0.15) is 0 Å². The van der Waals surface area contributed by atoms with Gasteiger partial charge in [0.05, 0.1) is 12.8 Å². The van der Waals surface area contributed by atoms with E-state index in [1.54, 1.807) is 7.11 Å². The van der Waals surface area contributed by atoms with E-state index in [1.807, 2.05) is 10.4 Å². The molecule has 196 valence electrons. The minimum atomic E-state index is -0.232. The fourth-order valence-corrected chi connectivity index (χ4v) is 6.42. The molecule has 0 spiro atoms. The minimum Gasteiger partial charge on any atom is -0.496 e. The van der Waals surface area contributed by atoms with Crippen molar-refractivity contribution >= 4 is 22.5 Å². The summed E-state index contributed by atoms with van der Waals surface area (Å²) in [5, 5.41) is 7.52. The summed E-state index contributed by atoms with van der Waals surface area (Å²) in [6, 6.07) is 6.26. The third kappa shape index (κ3) is 6.56. The monoisotopic (exact) mass is 512 g/mol. The first-order chi connectivity index (χ1) is 17.7. The second kappa shape index (κ2) is 12.4. The Morgan fingerprint density at radius 3 is 2.44 bits per heavy atom. The van der Waals surface area contributed by atoms with Gasteiger partial charge in [0.1, 0.15) is 5.75 Å². The van der Waals surface area contributed by atoms with Gasteiger partial charge in [-0.1, -0.05) is 25.3 Å². The Balaban J connectivity index is 1.12. The fourth-order valence-electron chi connectivity index (χ4n) is 5.71. The van der Waals surface area contributed by atoms with E-state index in [1.165, 1.54) is 74.9 Å². The number of anilines is 1. The van der Waals surface area contributed by atoms with Crippen LogP contribution in [-0.2, 0) is 0 Å². The molecule has 8 nitrogen and oxygen atoms in total. The lowest BCUT2D eigenvalue weighted by molar-refractivity contribution is 0.0947. The number of carbonyl (C=O) groups is 1. The highest BCUT2D eigenvalue weighted by Crippen LogP contribution is 2.38. The molecular formula is C27H40N6O2S. The standard InChI is InChI=1S/C27H40N6O2S/c1-35-25-10-9-22(21-7-3-2-4-8-21)19-23(25)24-20-36-27(28-24)29-26(34)30-33-17-15-32(16-18-33)14-13-31-11-5-6-12-31/h9-10,19-21H,2-8,11-18H2,1H3,(H2,28,29,30,34). The van der Waals surface area contributed by atoms with Crippen LogP contribution in [0.1, 0.15) is 56.4 Å². The highest BCUT2D eigenvalue weighted by atomic mass is 32.1.